The molecule has 6 heteroatoms. The van der Waals surface area contributed by atoms with Crippen molar-refractivity contribution in [1.82, 2.24) is 4.90 Å². The van der Waals surface area contributed by atoms with E-state index in [2.05, 4.69) is 5.32 Å². The lowest BCUT2D eigenvalue weighted by molar-refractivity contribution is 0.207. The van der Waals surface area contributed by atoms with Crippen molar-refractivity contribution < 1.29 is 19.0 Å². The van der Waals surface area contributed by atoms with E-state index in [0.717, 1.165) is 30.7 Å². The van der Waals surface area contributed by atoms with Crippen molar-refractivity contribution in [2.75, 3.05) is 33.2 Å². The van der Waals surface area contributed by atoms with Gasteiger partial charge >= 0.3 is 6.03 Å². The molecule has 1 saturated heterocycles. The number of rotatable bonds is 5. The molecular formula is C20H24N2O4. The Morgan fingerprint density at radius 3 is 2.35 bits per heavy atom. The van der Waals surface area contributed by atoms with Gasteiger partial charge < -0.3 is 24.4 Å². The fourth-order valence-electron chi connectivity index (χ4n) is 3.27. The maximum atomic E-state index is 12.8. The molecule has 0 aromatic heterocycles. The second kappa shape index (κ2) is 7.99. The van der Waals surface area contributed by atoms with Crippen molar-refractivity contribution >= 4 is 11.7 Å². The molecule has 0 spiro atoms. The summed E-state index contributed by atoms with van der Waals surface area (Å²) < 4.78 is 15.8. The number of methoxy groups -OCH3 is 3. The van der Waals surface area contributed by atoms with Crippen LogP contribution in [-0.2, 0) is 0 Å². The average molecular weight is 356 g/mol. The zero-order chi connectivity index (χ0) is 18.5. The maximum absolute atomic E-state index is 12.8. The van der Waals surface area contributed by atoms with Gasteiger partial charge in [0, 0.05) is 12.6 Å². The summed E-state index contributed by atoms with van der Waals surface area (Å²) >= 11 is 0. The van der Waals surface area contributed by atoms with Crippen LogP contribution in [0.3, 0.4) is 0 Å². The molecule has 1 aliphatic rings. The quantitative estimate of drug-likeness (QED) is 0.877. The molecule has 1 heterocycles. The van der Waals surface area contributed by atoms with E-state index >= 15 is 0 Å². The van der Waals surface area contributed by atoms with Crippen LogP contribution in [0.5, 0.6) is 17.2 Å². The van der Waals surface area contributed by atoms with Crippen LogP contribution in [-0.4, -0.2) is 38.8 Å². The number of anilines is 1. The van der Waals surface area contributed by atoms with E-state index in [9.17, 15) is 4.79 Å². The Hall–Kier alpha value is -2.89. The predicted molar refractivity (Wildman–Crippen MR) is 100 cm³/mol. The molecule has 0 aliphatic carbocycles. The number of ether oxygens (including phenoxy) is 3. The van der Waals surface area contributed by atoms with Crippen LogP contribution in [0.4, 0.5) is 10.5 Å². The summed E-state index contributed by atoms with van der Waals surface area (Å²) in [6.07, 6.45) is 1.92. The van der Waals surface area contributed by atoms with E-state index in [1.54, 1.807) is 39.5 Å². The minimum Gasteiger partial charge on any atom is -0.497 e. The van der Waals surface area contributed by atoms with Gasteiger partial charge in [0.05, 0.1) is 33.1 Å². The highest BCUT2D eigenvalue weighted by molar-refractivity contribution is 5.91. The molecule has 138 valence electrons. The number of benzene rings is 2. The predicted octanol–water partition coefficient (Wildman–Crippen LogP) is 4.08. The molecule has 1 aliphatic heterocycles. The molecule has 0 bridgehead atoms. The summed E-state index contributed by atoms with van der Waals surface area (Å²) in [5, 5.41) is 2.96. The number of likely N-dealkylation sites (tertiary alicyclic amines) is 1. The van der Waals surface area contributed by atoms with Gasteiger partial charge in [0.25, 0.3) is 0 Å². The van der Waals surface area contributed by atoms with Crippen LogP contribution < -0.4 is 19.5 Å². The van der Waals surface area contributed by atoms with E-state index < -0.39 is 0 Å². The zero-order valence-electron chi connectivity index (χ0n) is 15.3. The van der Waals surface area contributed by atoms with Crippen LogP contribution in [0.1, 0.15) is 24.4 Å². The van der Waals surface area contributed by atoms with Crippen molar-refractivity contribution in [2.45, 2.75) is 18.9 Å². The number of amides is 2. The topological polar surface area (TPSA) is 60.0 Å². The lowest BCUT2D eigenvalue weighted by Gasteiger charge is -2.26. The first-order chi connectivity index (χ1) is 12.7. The van der Waals surface area contributed by atoms with Gasteiger partial charge in [-0.1, -0.05) is 12.1 Å². The van der Waals surface area contributed by atoms with Crippen LogP contribution in [0.15, 0.2) is 42.5 Å². The standard InChI is InChI=1S/C20H24N2O4/c1-24-15-8-6-14(7-9-15)18-5-4-12-22(18)20(23)21-17-11-10-16(25-2)13-19(17)26-3/h6-11,13,18H,4-5,12H2,1-3H3,(H,21,23). The van der Waals surface area contributed by atoms with E-state index in [0.29, 0.717) is 17.2 Å². The monoisotopic (exact) mass is 356 g/mol. The Bertz CT molecular complexity index is 761. The molecule has 1 fully saturated rings. The highest BCUT2D eigenvalue weighted by atomic mass is 16.5. The molecule has 2 aromatic rings. The second-order valence-electron chi connectivity index (χ2n) is 6.12. The molecule has 1 unspecified atom stereocenters. The Kier molecular flexibility index (Phi) is 5.51. The Morgan fingerprint density at radius 1 is 1.00 bits per heavy atom. The van der Waals surface area contributed by atoms with Gasteiger partial charge in [0.2, 0.25) is 0 Å². The van der Waals surface area contributed by atoms with Gasteiger partial charge in [-0.2, -0.15) is 0 Å². The Balaban J connectivity index is 1.76. The number of carbonyl (C=O) groups excluding carboxylic acids is 1. The van der Waals surface area contributed by atoms with Crippen molar-refractivity contribution in [3.05, 3.63) is 48.0 Å². The SMILES string of the molecule is COc1ccc(C2CCCN2C(=O)Nc2ccc(OC)cc2OC)cc1. The number of urea groups is 1. The summed E-state index contributed by atoms with van der Waals surface area (Å²) in [6.45, 7) is 0.723. The third kappa shape index (κ3) is 3.69. The third-order valence-corrected chi connectivity index (χ3v) is 4.66. The number of nitrogens with zero attached hydrogens (tertiary/aromatic N) is 1. The summed E-state index contributed by atoms with van der Waals surface area (Å²) in [5.74, 6) is 2.06. The maximum Gasteiger partial charge on any atom is 0.322 e. The molecular weight excluding hydrogens is 332 g/mol. The van der Waals surface area contributed by atoms with Gasteiger partial charge in [0.15, 0.2) is 0 Å². The summed E-state index contributed by atoms with van der Waals surface area (Å²) in [5.41, 5.74) is 1.74. The molecule has 3 rings (SSSR count). The fraction of sp³-hybridized carbons (Fsp3) is 0.350. The summed E-state index contributed by atoms with van der Waals surface area (Å²) in [4.78, 5) is 14.7. The number of carbonyl (C=O) groups is 1. The molecule has 2 aromatic carbocycles. The first-order valence-corrected chi connectivity index (χ1v) is 8.60. The fourth-order valence-corrected chi connectivity index (χ4v) is 3.27. The lowest BCUT2D eigenvalue weighted by atomic mass is 10.0. The van der Waals surface area contributed by atoms with Crippen LogP contribution in [0.25, 0.3) is 0 Å². The van der Waals surface area contributed by atoms with Crippen molar-refractivity contribution in [3.8, 4) is 17.2 Å². The molecule has 26 heavy (non-hydrogen) atoms. The first kappa shape index (κ1) is 17.9. The van der Waals surface area contributed by atoms with E-state index in [4.69, 9.17) is 14.2 Å². The number of nitrogens with one attached hydrogen (secondary N) is 1. The van der Waals surface area contributed by atoms with Gasteiger partial charge in [-0.3, -0.25) is 0 Å². The average Bonchev–Trinajstić information content (AvgIpc) is 3.18. The normalized spacial score (nSPS) is 16.3. The minimum absolute atomic E-state index is 0.0603. The number of hydrogen-bond acceptors (Lipinski definition) is 4. The molecule has 1 N–H and O–H groups in total. The van der Waals surface area contributed by atoms with E-state index in [-0.39, 0.29) is 12.1 Å². The first-order valence-electron chi connectivity index (χ1n) is 8.60. The van der Waals surface area contributed by atoms with Crippen LogP contribution in [0.2, 0.25) is 0 Å². The highest BCUT2D eigenvalue weighted by Gasteiger charge is 2.30. The van der Waals surface area contributed by atoms with Gasteiger partial charge in [-0.15, -0.1) is 0 Å². The largest absolute Gasteiger partial charge is 0.497 e. The van der Waals surface area contributed by atoms with Crippen molar-refractivity contribution in [2.24, 2.45) is 0 Å². The van der Waals surface area contributed by atoms with Gasteiger partial charge in [0.1, 0.15) is 17.2 Å². The molecule has 0 saturated carbocycles. The zero-order valence-corrected chi connectivity index (χ0v) is 15.3. The minimum atomic E-state index is -0.133. The Morgan fingerprint density at radius 2 is 1.69 bits per heavy atom. The smallest absolute Gasteiger partial charge is 0.322 e. The van der Waals surface area contributed by atoms with Crippen molar-refractivity contribution in [3.63, 3.8) is 0 Å². The number of hydrogen-bond donors (Lipinski definition) is 1. The summed E-state index contributed by atoms with van der Waals surface area (Å²) in [6, 6.07) is 13.1. The van der Waals surface area contributed by atoms with Gasteiger partial charge in [-0.25, -0.2) is 4.79 Å². The van der Waals surface area contributed by atoms with E-state index in [1.165, 1.54) is 0 Å². The molecule has 6 nitrogen and oxygen atoms in total. The van der Waals surface area contributed by atoms with Gasteiger partial charge in [-0.05, 0) is 42.7 Å². The third-order valence-electron chi connectivity index (χ3n) is 4.66. The molecule has 2 amide bonds. The molecule has 1 atom stereocenters. The summed E-state index contributed by atoms with van der Waals surface area (Å²) in [7, 11) is 4.81. The molecule has 0 radical (unpaired) electrons. The van der Waals surface area contributed by atoms with E-state index in [1.807, 2.05) is 29.2 Å². The Labute approximate surface area is 153 Å². The van der Waals surface area contributed by atoms with Crippen LogP contribution in [0, 0.1) is 0 Å². The van der Waals surface area contributed by atoms with Crippen molar-refractivity contribution in [1.29, 1.82) is 0 Å². The lowest BCUT2D eigenvalue weighted by Crippen LogP contribution is -2.34. The second-order valence-corrected chi connectivity index (χ2v) is 6.12. The highest BCUT2D eigenvalue weighted by Crippen LogP contribution is 2.34. The van der Waals surface area contributed by atoms with Crippen LogP contribution >= 0.6 is 0 Å².